The second kappa shape index (κ2) is 15.0. The molecule has 4 heteroatoms. The van der Waals surface area contributed by atoms with Crippen molar-refractivity contribution in [3.05, 3.63) is 253 Å². The molecule has 2 aliphatic rings. The number of benzene rings is 9. The minimum absolute atomic E-state index is 0.541. The van der Waals surface area contributed by atoms with E-state index < -0.39 is 5.41 Å². The Morgan fingerprint density at radius 1 is 0.317 bits per heavy atom. The van der Waals surface area contributed by atoms with Gasteiger partial charge in [-0.3, -0.25) is 0 Å². The molecule has 0 bridgehead atoms. The summed E-state index contributed by atoms with van der Waals surface area (Å²) in [6.07, 6.45) is 0. The van der Waals surface area contributed by atoms with Crippen molar-refractivity contribution >= 4 is 0 Å². The van der Waals surface area contributed by atoms with Gasteiger partial charge in [-0.25, -0.2) is 9.97 Å². The van der Waals surface area contributed by atoms with Crippen molar-refractivity contribution in [1.82, 2.24) is 9.97 Å². The number of nitrogens with zero attached hydrogens (tertiary/aromatic N) is 2. The Kier molecular flexibility index (Phi) is 8.68. The van der Waals surface area contributed by atoms with Crippen LogP contribution in [0.3, 0.4) is 0 Å². The van der Waals surface area contributed by atoms with Crippen LogP contribution in [0.1, 0.15) is 22.3 Å². The first-order valence-corrected chi connectivity index (χ1v) is 21.3. The van der Waals surface area contributed by atoms with Crippen LogP contribution in [0.2, 0.25) is 0 Å². The molecule has 0 amide bonds. The summed E-state index contributed by atoms with van der Waals surface area (Å²) in [6, 6.07) is 80.6. The van der Waals surface area contributed by atoms with Gasteiger partial charge >= 0.3 is 0 Å². The van der Waals surface area contributed by atoms with E-state index in [1.54, 1.807) is 0 Å². The molecule has 0 saturated carbocycles. The molecule has 12 rings (SSSR count). The first-order valence-electron chi connectivity index (χ1n) is 21.3. The van der Waals surface area contributed by atoms with Crippen molar-refractivity contribution < 1.29 is 9.47 Å². The van der Waals surface area contributed by atoms with Crippen LogP contribution in [0.5, 0.6) is 23.0 Å². The monoisotopic (exact) mass is 806 g/mol. The quantitative estimate of drug-likeness (QED) is 0.161. The molecule has 0 spiro atoms. The maximum Gasteiger partial charge on any atom is 0.178 e. The second-order valence-corrected chi connectivity index (χ2v) is 16.0. The highest BCUT2D eigenvalue weighted by Crippen LogP contribution is 2.62. The van der Waals surface area contributed by atoms with E-state index in [9.17, 15) is 0 Å². The number of hydrogen-bond acceptors (Lipinski definition) is 4. The lowest BCUT2D eigenvalue weighted by molar-refractivity contribution is 0.360. The fraction of sp³-hybridized carbons (Fsp3) is 0.0169. The van der Waals surface area contributed by atoms with E-state index in [1.165, 1.54) is 22.3 Å². The summed E-state index contributed by atoms with van der Waals surface area (Å²) >= 11 is 0. The fourth-order valence-electron chi connectivity index (χ4n) is 9.63. The topological polar surface area (TPSA) is 44.2 Å². The first kappa shape index (κ1) is 36.5. The third-order valence-electron chi connectivity index (χ3n) is 12.5. The predicted octanol–water partition coefficient (Wildman–Crippen LogP) is 15.1. The zero-order chi connectivity index (χ0) is 41.7. The van der Waals surface area contributed by atoms with Gasteiger partial charge in [-0.1, -0.05) is 200 Å². The summed E-state index contributed by atoms with van der Waals surface area (Å²) in [6.45, 7) is 0. The standard InChI is InChI=1S/C59H38N2O2/c1-5-18-39(19-6-1)46-28-13-14-29-47(46)52-38-51(60-58(61-52)40-20-7-2-8-21-40)43-23-17-22-41(36-43)42-32-34-53-55(37-42)63-57-54(62-53)35-33-50-56(57)48-30-15-16-31-49(48)59(50,44-24-9-3-10-25-44)45-26-11-4-12-27-45/h1-38H. The molecule has 2 heterocycles. The maximum atomic E-state index is 7.05. The summed E-state index contributed by atoms with van der Waals surface area (Å²) < 4.78 is 13.7. The highest BCUT2D eigenvalue weighted by molar-refractivity contribution is 5.92. The zero-order valence-corrected chi connectivity index (χ0v) is 34.2. The van der Waals surface area contributed by atoms with Crippen LogP contribution < -0.4 is 9.47 Å². The average molecular weight is 807 g/mol. The Morgan fingerprint density at radius 2 is 0.873 bits per heavy atom. The lowest BCUT2D eigenvalue weighted by atomic mass is 9.68. The van der Waals surface area contributed by atoms with Gasteiger partial charge in [-0.05, 0) is 80.4 Å². The predicted molar refractivity (Wildman–Crippen MR) is 253 cm³/mol. The van der Waals surface area contributed by atoms with Gasteiger partial charge < -0.3 is 9.47 Å². The lowest BCUT2D eigenvalue weighted by Crippen LogP contribution is -2.28. The number of fused-ring (bicyclic) bond motifs is 6. The fourth-order valence-corrected chi connectivity index (χ4v) is 9.63. The van der Waals surface area contributed by atoms with Gasteiger partial charge in [0.25, 0.3) is 0 Å². The molecule has 9 aromatic carbocycles. The molecule has 0 saturated heterocycles. The van der Waals surface area contributed by atoms with E-state index >= 15 is 0 Å². The van der Waals surface area contributed by atoms with Crippen molar-refractivity contribution in [2.75, 3.05) is 0 Å². The molecule has 63 heavy (non-hydrogen) atoms. The molecular weight excluding hydrogens is 769 g/mol. The summed E-state index contributed by atoms with van der Waals surface area (Å²) in [5.41, 5.74) is 15.4. The van der Waals surface area contributed by atoms with Gasteiger partial charge in [-0.15, -0.1) is 0 Å². The van der Waals surface area contributed by atoms with Crippen LogP contribution in [-0.4, -0.2) is 9.97 Å². The van der Waals surface area contributed by atoms with E-state index in [1.807, 2.05) is 30.3 Å². The van der Waals surface area contributed by atoms with Crippen LogP contribution in [0.25, 0.3) is 67.3 Å². The third kappa shape index (κ3) is 6.07. The van der Waals surface area contributed by atoms with Crippen molar-refractivity contribution in [1.29, 1.82) is 0 Å². The molecule has 0 atom stereocenters. The molecule has 1 aliphatic carbocycles. The minimum atomic E-state index is -0.541. The van der Waals surface area contributed by atoms with Gasteiger partial charge in [-0.2, -0.15) is 0 Å². The molecule has 0 fully saturated rings. The Morgan fingerprint density at radius 3 is 1.60 bits per heavy atom. The molecular formula is C59H38N2O2. The molecule has 10 aromatic rings. The van der Waals surface area contributed by atoms with Crippen molar-refractivity contribution in [2.24, 2.45) is 0 Å². The summed E-state index contributed by atoms with van der Waals surface area (Å²) in [5, 5.41) is 0. The maximum absolute atomic E-state index is 7.05. The van der Waals surface area contributed by atoms with Crippen LogP contribution in [0.15, 0.2) is 231 Å². The Balaban J connectivity index is 0.955. The van der Waals surface area contributed by atoms with Crippen LogP contribution in [-0.2, 0) is 5.41 Å². The zero-order valence-electron chi connectivity index (χ0n) is 34.2. The highest BCUT2D eigenvalue weighted by Gasteiger charge is 2.48. The Bertz CT molecular complexity index is 3290. The summed E-state index contributed by atoms with van der Waals surface area (Å²) in [4.78, 5) is 10.4. The molecule has 1 aliphatic heterocycles. The molecule has 0 radical (unpaired) electrons. The smallest absolute Gasteiger partial charge is 0.178 e. The van der Waals surface area contributed by atoms with Crippen LogP contribution in [0.4, 0.5) is 0 Å². The van der Waals surface area contributed by atoms with Crippen molar-refractivity contribution in [3.63, 3.8) is 0 Å². The number of aromatic nitrogens is 2. The van der Waals surface area contributed by atoms with Gasteiger partial charge in [0.05, 0.1) is 16.8 Å². The van der Waals surface area contributed by atoms with Crippen LogP contribution in [0, 0.1) is 0 Å². The number of rotatable bonds is 7. The molecule has 0 N–H and O–H groups in total. The number of hydrogen-bond donors (Lipinski definition) is 0. The lowest BCUT2D eigenvalue weighted by Gasteiger charge is -2.34. The number of ether oxygens (including phenoxy) is 2. The minimum Gasteiger partial charge on any atom is -0.449 e. The summed E-state index contributed by atoms with van der Waals surface area (Å²) in [7, 11) is 0. The SMILES string of the molecule is c1ccc(-c2nc(-c3cccc(-c4ccc5c(c4)Oc4c(ccc6c4-c4ccccc4C6(c4ccccc4)c4ccccc4)O5)c3)cc(-c3ccccc3-c3ccccc3)n2)cc1. The second-order valence-electron chi connectivity index (χ2n) is 16.0. The largest absolute Gasteiger partial charge is 0.449 e. The Hall–Kier alpha value is -8.34. The third-order valence-corrected chi connectivity index (χ3v) is 12.5. The molecule has 296 valence electrons. The van der Waals surface area contributed by atoms with Crippen LogP contribution >= 0.6 is 0 Å². The van der Waals surface area contributed by atoms with E-state index in [2.05, 4.69) is 200 Å². The molecule has 4 nitrogen and oxygen atoms in total. The normalized spacial score (nSPS) is 12.8. The molecule has 1 aromatic heterocycles. The first-order chi connectivity index (χ1) is 31.2. The van der Waals surface area contributed by atoms with E-state index in [0.29, 0.717) is 23.1 Å². The van der Waals surface area contributed by atoms with Gasteiger partial charge in [0, 0.05) is 22.3 Å². The van der Waals surface area contributed by atoms with Gasteiger partial charge in [0.1, 0.15) is 0 Å². The van der Waals surface area contributed by atoms with E-state index in [0.717, 1.165) is 67.2 Å². The Labute approximate surface area is 366 Å². The van der Waals surface area contributed by atoms with Crippen molar-refractivity contribution in [3.8, 4) is 90.3 Å². The van der Waals surface area contributed by atoms with Gasteiger partial charge in [0.15, 0.2) is 28.8 Å². The van der Waals surface area contributed by atoms with Crippen molar-refractivity contribution in [2.45, 2.75) is 5.41 Å². The summed E-state index contributed by atoms with van der Waals surface area (Å²) in [5.74, 6) is 3.44. The molecule has 0 unspecified atom stereocenters. The van der Waals surface area contributed by atoms with Gasteiger partial charge in [0.2, 0.25) is 0 Å². The average Bonchev–Trinajstić information content (AvgIpc) is 3.68. The highest BCUT2D eigenvalue weighted by atomic mass is 16.6. The van der Waals surface area contributed by atoms with E-state index in [-0.39, 0.29) is 0 Å². The van der Waals surface area contributed by atoms with E-state index in [4.69, 9.17) is 19.4 Å².